The Kier molecular flexibility index (Phi) is 1.98. The summed E-state index contributed by atoms with van der Waals surface area (Å²) in [5, 5.41) is 0. The minimum atomic E-state index is -0.531. The fourth-order valence-electron chi connectivity index (χ4n) is 1.45. The molecule has 0 aromatic heterocycles. The van der Waals surface area contributed by atoms with Crippen LogP contribution in [-0.2, 0) is 14.3 Å². The highest BCUT2D eigenvalue weighted by Crippen LogP contribution is 2.45. The van der Waals surface area contributed by atoms with E-state index < -0.39 is 5.41 Å². The smallest absolute Gasteiger partial charge is 0.312 e. The predicted octanol–water partition coefficient (Wildman–Crippen LogP) is 0.775. The van der Waals surface area contributed by atoms with E-state index in [9.17, 15) is 9.59 Å². The second kappa shape index (κ2) is 2.64. The third-order valence-electron chi connectivity index (χ3n) is 2.61. The molecule has 1 fully saturated rings. The van der Waals surface area contributed by atoms with Crippen molar-refractivity contribution in [1.82, 2.24) is 0 Å². The lowest BCUT2D eigenvalue weighted by molar-refractivity contribution is -0.164. The molecular formula is C8H12O3. The topological polar surface area (TPSA) is 43.4 Å². The van der Waals surface area contributed by atoms with Crippen molar-refractivity contribution >= 4 is 12.3 Å². The van der Waals surface area contributed by atoms with Crippen molar-refractivity contribution in [1.29, 1.82) is 0 Å². The number of carbonyl (C=O) groups excluding carboxylic acids is 2. The normalized spacial score (nSPS) is 35.6. The van der Waals surface area contributed by atoms with Crippen molar-refractivity contribution in [3.63, 3.8) is 0 Å². The summed E-state index contributed by atoms with van der Waals surface area (Å²) in [5.74, 6) is -0.393. The van der Waals surface area contributed by atoms with E-state index in [1.54, 1.807) is 6.92 Å². The van der Waals surface area contributed by atoms with Gasteiger partial charge in [0.1, 0.15) is 6.29 Å². The van der Waals surface area contributed by atoms with E-state index in [-0.39, 0.29) is 11.9 Å². The Hall–Kier alpha value is -0.860. The minimum absolute atomic E-state index is 0.130. The van der Waals surface area contributed by atoms with Crippen LogP contribution in [0.5, 0.6) is 0 Å². The second-order valence-corrected chi connectivity index (χ2v) is 3.19. The molecule has 3 nitrogen and oxygen atoms in total. The summed E-state index contributed by atoms with van der Waals surface area (Å²) in [4.78, 5) is 21.5. The Balaban J connectivity index is 2.67. The summed E-state index contributed by atoms with van der Waals surface area (Å²) in [5.41, 5.74) is -0.531. The van der Waals surface area contributed by atoms with Crippen LogP contribution in [0.15, 0.2) is 0 Å². The molecule has 0 aromatic rings. The van der Waals surface area contributed by atoms with Gasteiger partial charge < -0.3 is 9.53 Å². The SMILES string of the molecule is COC(=O)[C@]1(C)CC[C@@H]1C=O. The molecule has 0 aromatic carbocycles. The van der Waals surface area contributed by atoms with Crippen molar-refractivity contribution in [2.45, 2.75) is 19.8 Å². The Morgan fingerprint density at radius 1 is 1.73 bits per heavy atom. The fourth-order valence-corrected chi connectivity index (χ4v) is 1.45. The molecule has 62 valence electrons. The van der Waals surface area contributed by atoms with E-state index in [0.717, 1.165) is 19.1 Å². The van der Waals surface area contributed by atoms with Gasteiger partial charge in [-0.3, -0.25) is 4.79 Å². The van der Waals surface area contributed by atoms with Crippen molar-refractivity contribution in [2.24, 2.45) is 11.3 Å². The molecular weight excluding hydrogens is 144 g/mol. The molecule has 2 atom stereocenters. The lowest BCUT2D eigenvalue weighted by Crippen LogP contribution is -2.45. The first-order valence-corrected chi connectivity index (χ1v) is 3.69. The first-order chi connectivity index (χ1) is 5.15. The molecule has 1 saturated carbocycles. The number of methoxy groups -OCH3 is 1. The maximum absolute atomic E-state index is 11.1. The van der Waals surface area contributed by atoms with Crippen LogP contribution in [-0.4, -0.2) is 19.4 Å². The summed E-state index contributed by atoms with van der Waals surface area (Å²) < 4.78 is 4.59. The molecule has 3 heteroatoms. The Labute approximate surface area is 65.7 Å². The van der Waals surface area contributed by atoms with Gasteiger partial charge in [0, 0.05) is 5.92 Å². The number of hydrogen-bond donors (Lipinski definition) is 0. The molecule has 1 aliphatic rings. The molecule has 0 amide bonds. The zero-order valence-electron chi connectivity index (χ0n) is 6.79. The number of esters is 1. The summed E-state index contributed by atoms with van der Waals surface area (Å²) in [6.07, 6.45) is 2.43. The van der Waals surface area contributed by atoms with Gasteiger partial charge in [-0.05, 0) is 19.8 Å². The summed E-state index contributed by atoms with van der Waals surface area (Å²) in [6.45, 7) is 1.78. The van der Waals surface area contributed by atoms with Gasteiger partial charge in [-0.25, -0.2) is 0 Å². The molecule has 0 aliphatic heterocycles. The number of aldehydes is 1. The number of rotatable bonds is 2. The third-order valence-corrected chi connectivity index (χ3v) is 2.61. The maximum Gasteiger partial charge on any atom is 0.312 e. The van der Waals surface area contributed by atoms with E-state index in [4.69, 9.17) is 0 Å². The largest absolute Gasteiger partial charge is 0.469 e. The van der Waals surface area contributed by atoms with Crippen molar-refractivity contribution in [3.05, 3.63) is 0 Å². The Morgan fingerprint density at radius 3 is 2.64 bits per heavy atom. The van der Waals surface area contributed by atoms with Gasteiger partial charge in [0.15, 0.2) is 0 Å². The van der Waals surface area contributed by atoms with E-state index in [1.807, 2.05) is 0 Å². The number of carbonyl (C=O) groups is 2. The van der Waals surface area contributed by atoms with Gasteiger partial charge in [0.2, 0.25) is 0 Å². The molecule has 0 bridgehead atoms. The van der Waals surface area contributed by atoms with Gasteiger partial charge in [0.05, 0.1) is 12.5 Å². The average molecular weight is 156 g/mol. The number of hydrogen-bond acceptors (Lipinski definition) is 3. The van der Waals surface area contributed by atoms with Crippen LogP contribution in [0.3, 0.4) is 0 Å². The lowest BCUT2D eigenvalue weighted by Gasteiger charge is -2.40. The Bertz CT molecular complexity index is 188. The minimum Gasteiger partial charge on any atom is -0.469 e. The van der Waals surface area contributed by atoms with Crippen LogP contribution in [0.2, 0.25) is 0 Å². The van der Waals surface area contributed by atoms with Crippen LogP contribution in [0, 0.1) is 11.3 Å². The van der Waals surface area contributed by atoms with E-state index in [0.29, 0.717) is 0 Å². The summed E-state index contributed by atoms with van der Waals surface area (Å²) >= 11 is 0. The lowest BCUT2D eigenvalue weighted by atomic mass is 9.62. The average Bonchev–Trinajstić information content (AvgIpc) is 2.00. The highest BCUT2D eigenvalue weighted by molar-refractivity contribution is 5.82. The van der Waals surface area contributed by atoms with Crippen molar-refractivity contribution in [2.75, 3.05) is 7.11 Å². The summed E-state index contributed by atoms with van der Waals surface area (Å²) in [6, 6.07) is 0. The highest BCUT2D eigenvalue weighted by Gasteiger charge is 2.49. The fraction of sp³-hybridized carbons (Fsp3) is 0.750. The van der Waals surface area contributed by atoms with Crippen molar-refractivity contribution < 1.29 is 14.3 Å². The van der Waals surface area contributed by atoms with Crippen LogP contribution >= 0.6 is 0 Å². The van der Waals surface area contributed by atoms with Gasteiger partial charge in [0.25, 0.3) is 0 Å². The standard InChI is InChI=1S/C8H12O3/c1-8(7(10)11-2)4-3-6(8)5-9/h5-6H,3-4H2,1-2H3/t6-,8-/m1/s1. The zero-order chi connectivity index (χ0) is 8.48. The monoisotopic (exact) mass is 156 g/mol. The molecule has 1 aliphatic carbocycles. The predicted molar refractivity (Wildman–Crippen MR) is 38.9 cm³/mol. The van der Waals surface area contributed by atoms with Crippen LogP contribution < -0.4 is 0 Å². The molecule has 11 heavy (non-hydrogen) atoms. The van der Waals surface area contributed by atoms with Gasteiger partial charge in [-0.15, -0.1) is 0 Å². The quantitative estimate of drug-likeness (QED) is 0.438. The van der Waals surface area contributed by atoms with E-state index in [1.165, 1.54) is 7.11 Å². The van der Waals surface area contributed by atoms with Crippen molar-refractivity contribution in [3.8, 4) is 0 Å². The molecule has 0 unspecified atom stereocenters. The van der Waals surface area contributed by atoms with Gasteiger partial charge in [-0.2, -0.15) is 0 Å². The molecule has 0 spiro atoms. The second-order valence-electron chi connectivity index (χ2n) is 3.19. The molecule has 0 N–H and O–H groups in total. The molecule has 0 heterocycles. The molecule has 0 radical (unpaired) electrons. The maximum atomic E-state index is 11.1. The number of ether oxygens (including phenoxy) is 1. The van der Waals surface area contributed by atoms with Gasteiger partial charge >= 0.3 is 5.97 Å². The summed E-state index contributed by atoms with van der Waals surface area (Å²) in [7, 11) is 1.35. The van der Waals surface area contributed by atoms with Crippen LogP contribution in [0.1, 0.15) is 19.8 Å². The Morgan fingerprint density at radius 2 is 2.36 bits per heavy atom. The molecule has 0 saturated heterocycles. The third kappa shape index (κ3) is 1.04. The highest BCUT2D eigenvalue weighted by atomic mass is 16.5. The first-order valence-electron chi connectivity index (χ1n) is 3.69. The zero-order valence-corrected chi connectivity index (χ0v) is 6.79. The van der Waals surface area contributed by atoms with Gasteiger partial charge in [-0.1, -0.05) is 0 Å². The van der Waals surface area contributed by atoms with Crippen LogP contribution in [0.25, 0.3) is 0 Å². The molecule has 1 rings (SSSR count). The van der Waals surface area contributed by atoms with E-state index in [2.05, 4.69) is 4.74 Å². The van der Waals surface area contributed by atoms with E-state index >= 15 is 0 Å². The van der Waals surface area contributed by atoms with Crippen LogP contribution in [0.4, 0.5) is 0 Å². The first kappa shape index (κ1) is 8.24.